The van der Waals surface area contributed by atoms with Crippen LogP contribution >= 0.6 is 0 Å². The zero-order chi connectivity index (χ0) is 20.5. The maximum absolute atomic E-state index is 12.4. The van der Waals surface area contributed by atoms with Crippen LogP contribution in [0.25, 0.3) is 0 Å². The quantitative estimate of drug-likeness (QED) is 0.679. The van der Waals surface area contributed by atoms with E-state index >= 15 is 0 Å². The van der Waals surface area contributed by atoms with Gasteiger partial charge in [0.15, 0.2) is 11.5 Å². The number of aryl methyl sites for hydroxylation is 1. The van der Waals surface area contributed by atoms with Gasteiger partial charge in [0, 0.05) is 25.3 Å². The third kappa shape index (κ3) is 5.31. The minimum Gasteiger partial charge on any atom is -0.493 e. The fraction of sp³-hybridized carbons (Fsp3) is 0.409. The van der Waals surface area contributed by atoms with Crippen LogP contribution in [0.5, 0.6) is 17.2 Å². The van der Waals surface area contributed by atoms with Crippen molar-refractivity contribution in [2.24, 2.45) is 0 Å². The zero-order valence-corrected chi connectivity index (χ0v) is 17.4. The molecule has 1 amide bonds. The second-order valence-corrected chi connectivity index (χ2v) is 6.43. The fourth-order valence-corrected chi connectivity index (χ4v) is 3.18. The molecule has 0 radical (unpaired) electrons. The SMILES string of the molecule is CCN(CCNC(=O)Cc1cc(OC)c(OC)c(OC)c1)c1ccccc1C. The van der Waals surface area contributed by atoms with Gasteiger partial charge in [-0.05, 0) is 43.2 Å². The molecule has 1 N–H and O–H groups in total. The van der Waals surface area contributed by atoms with Crippen LogP contribution < -0.4 is 24.4 Å². The van der Waals surface area contributed by atoms with Crippen molar-refractivity contribution in [3.8, 4) is 17.2 Å². The minimum atomic E-state index is -0.0462. The molecule has 0 aromatic heterocycles. The molecule has 0 atom stereocenters. The standard InChI is InChI=1S/C22H30N2O4/c1-6-24(18-10-8-7-9-16(18)2)12-11-23-21(25)15-17-13-19(26-3)22(28-5)20(14-17)27-4/h7-10,13-14H,6,11-12,15H2,1-5H3,(H,23,25). The molecule has 28 heavy (non-hydrogen) atoms. The second kappa shape index (κ2) is 10.4. The number of rotatable bonds is 10. The number of nitrogens with zero attached hydrogens (tertiary/aromatic N) is 1. The largest absolute Gasteiger partial charge is 0.493 e. The van der Waals surface area contributed by atoms with E-state index in [0.717, 1.165) is 18.7 Å². The first kappa shape index (κ1) is 21.4. The number of nitrogens with one attached hydrogen (secondary N) is 1. The number of likely N-dealkylation sites (N-methyl/N-ethyl adjacent to an activating group) is 1. The molecular formula is C22H30N2O4. The van der Waals surface area contributed by atoms with Gasteiger partial charge in [0.25, 0.3) is 0 Å². The Morgan fingerprint density at radius 2 is 1.68 bits per heavy atom. The summed E-state index contributed by atoms with van der Waals surface area (Å²) in [5.74, 6) is 1.56. The van der Waals surface area contributed by atoms with Gasteiger partial charge in [-0.3, -0.25) is 4.79 Å². The summed E-state index contributed by atoms with van der Waals surface area (Å²) in [6.45, 7) is 6.42. The highest BCUT2D eigenvalue weighted by Crippen LogP contribution is 2.38. The summed E-state index contributed by atoms with van der Waals surface area (Å²) in [6.07, 6.45) is 0.243. The van der Waals surface area contributed by atoms with E-state index < -0.39 is 0 Å². The summed E-state index contributed by atoms with van der Waals surface area (Å²) in [4.78, 5) is 14.7. The lowest BCUT2D eigenvalue weighted by atomic mass is 10.1. The fourth-order valence-electron chi connectivity index (χ4n) is 3.18. The second-order valence-electron chi connectivity index (χ2n) is 6.43. The molecule has 0 heterocycles. The van der Waals surface area contributed by atoms with Crippen LogP contribution in [0.2, 0.25) is 0 Å². The lowest BCUT2D eigenvalue weighted by Crippen LogP contribution is -2.35. The maximum atomic E-state index is 12.4. The van der Waals surface area contributed by atoms with E-state index in [1.807, 2.05) is 12.1 Å². The molecule has 6 nitrogen and oxygen atoms in total. The van der Waals surface area contributed by atoms with Gasteiger partial charge in [-0.2, -0.15) is 0 Å². The van der Waals surface area contributed by atoms with Gasteiger partial charge in [-0.25, -0.2) is 0 Å². The number of amides is 1. The number of anilines is 1. The molecule has 0 spiro atoms. The Labute approximate surface area is 167 Å². The first-order chi connectivity index (χ1) is 13.5. The first-order valence-corrected chi connectivity index (χ1v) is 9.40. The number of carbonyl (C=O) groups excluding carboxylic acids is 1. The Balaban J connectivity index is 1.96. The van der Waals surface area contributed by atoms with E-state index in [9.17, 15) is 4.79 Å². The van der Waals surface area contributed by atoms with E-state index in [0.29, 0.717) is 23.8 Å². The molecule has 0 aliphatic rings. The average molecular weight is 386 g/mol. The lowest BCUT2D eigenvalue weighted by Gasteiger charge is -2.25. The van der Waals surface area contributed by atoms with E-state index in [-0.39, 0.29) is 12.3 Å². The van der Waals surface area contributed by atoms with Gasteiger partial charge >= 0.3 is 0 Å². The van der Waals surface area contributed by atoms with Crippen molar-refractivity contribution in [1.29, 1.82) is 0 Å². The molecule has 2 rings (SSSR count). The van der Waals surface area contributed by atoms with Crippen molar-refractivity contribution in [3.63, 3.8) is 0 Å². The number of para-hydroxylation sites is 1. The number of hydrogen-bond acceptors (Lipinski definition) is 5. The number of benzene rings is 2. The van der Waals surface area contributed by atoms with Gasteiger partial charge < -0.3 is 24.4 Å². The Kier molecular flexibility index (Phi) is 7.99. The summed E-state index contributed by atoms with van der Waals surface area (Å²) >= 11 is 0. The summed E-state index contributed by atoms with van der Waals surface area (Å²) in [7, 11) is 4.68. The Morgan fingerprint density at radius 3 is 2.21 bits per heavy atom. The smallest absolute Gasteiger partial charge is 0.224 e. The Bertz CT molecular complexity index is 767. The predicted octanol–water partition coefficient (Wildman–Crippen LogP) is 3.21. The molecule has 2 aromatic rings. The number of methoxy groups -OCH3 is 3. The zero-order valence-electron chi connectivity index (χ0n) is 17.4. The molecule has 0 aliphatic heterocycles. The normalized spacial score (nSPS) is 10.3. The monoisotopic (exact) mass is 386 g/mol. The van der Waals surface area contributed by atoms with Crippen molar-refractivity contribution in [2.75, 3.05) is 45.9 Å². The molecule has 0 aliphatic carbocycles. The van der Waals surface area contributed by atoms with Crippen molar-refractivity contribution < 1.29 is 19.0 Å². The van der Waals surface area contributed by atoms with Crippen molar-refractivity contribution in [1.82, 2.24) is 5.32 Å². The summed E-state index contributed by atoms with van der Waals surface area (Å²) in [5, 5.41) is 3.00. The van der Waals surface area contributed by atoms with Gasteiger partial charge in [0.2, 0.25) is 11.7 Å². The van der Waals surface area contributed by atoms with Crippen LogP contribution in [-0.4, -0.2) is 46.9 Å². The first-order valence-electron chi connectivity index (χ1n) is 9.40. The maximum Gasteiger partial charge on any atom is 0.224 e. The summed E-state index contributed by atoms with van der Waals surface area (Å²) in [5.41, 5.74) is 3.23. The molecule has 0 saturated carbocycles. The van der Waals surface area contributed by atoms with Crippen molar-refractivity contribution >= 4 is 11.6 Å². The van der Waals surface area contributed by atoms with Gasteiger partial charge in [-0.1, -0.05) is 18.2 Å². The molecule has 0 fully saturated rings. The van der Waals surface area contributed by atoms with E-state index in [1.165, 1.54) is 11.3 Å². The van der Waals surface area contributed by atoms with Crippen LogP contribution in [0.4, 0.5) is 5.69 Å². The topological polar surface area (TPSA) is 60.0 Å². The van der Waals surface area contributed by atoms with Gasteiger partial charge in [0.1, 0.15) is 0 Å². The van der Waals surface area contributed by atoms with Gasteiger partial charge in [0.05, 0.1) is 27.8 Å². The van der Waals surface area contributed by atoms with Crippen LogP contribution in [-0.2, 0) is 11.2 Å². The van der Waals surface area contributed by atoms with Crippen molar-refractivity contribution in [3.05, 3.63) is 47.5 Å². The number of hydrogen-bond donors (Lipinski definition) is 1. The van der Waals surface area contributed by atoms with Crippen LogP contribution in [0.1, 0.15) is 18.1 Å². The number of carbonyl (C=O) groups is 1. The molecule has 152 valence electrons. The third-order valence-electron chi connectivity index (χ3n) is 4.63. The molecule has 0 unspecified atom stereocenters. The molecule has 0 saturated heterocycles. The van der Waals surface area contributed by atoms with E-state index in [2.05, 4.69) is 36.2 Å². The molecule has 0 bridgehead atoms. The highest BCUT2D eigenvalue weighted by Gasteiger charge is 2.15. The average Bonchev–Trinajstić information content (AvgIpc) is 2.71. The Hall–Kier alpha value is -2.89. The lowest BCUT2D eigenvalue weighted by molar-refractivity contribution is -0.120. The summed E-state index contributed by atoms with van der Waals surface area (Å²) < 4.78 is 16.0. The van der Waals surface area contributed by atoms with E-state index in [1.54, 1.807) is 33.5 Å². The predicted molar refractivity (Wildman–Crippen MR) is 112 cm³/mol. The minimum absolute atomic E-state index is 0.0462. The molecule has 6 heteroatoms. The third-order valence-corrected chi connectivity index (χ3v) is 4.63. The highest BCUT2D eigenvalue weighted by atomic mass is 16.5. The molecule has 2 aromatic carbocycles. The van der Waals surface area contributed by atoms with Gasteiger partial charge in [-0.15, -0.1) is 0 Å². The van der Waals surface area contributed by atoms with E-state index in [4.69, 9.17) is 14.2 Å². The summed E-state index contributed by atoms with van der Waals surface area (Å²) in [6, 6.07) is 11.9. The van der Waals surface area contributed by atoms with Crippen LogP contribution in [0.15, 0.2) is 36.4 Å². The van der Waals surface area contributed by atoms with Crippen molar-refractivity contribution in [2.45, 2.75) is 20.3 Å². The van der Waals surface area contributed by atoms with Crippen LogP contribution in [0, 0.1) is 6.92 Å². The molecular weight excluding hydrogens is 356 g/mol. The Morgan fingerprint density at radius 1 is 1.04 bits per heavy atom. The highest BCUT2D eigenvalue weighted by molar-refractivity contribution is 5.79. The number of ether oxygens (including phenoxy) is 3. The van der Waals surface area contributed by atoms with Crippen LogP contribution in [0.3, 0.4) is 0 Å².